The van der Waals surface area contributed by atoms with E-state index in [4.69, 9.17) is 4.74 Å². The summed E-state index contributed by atoms with van der Waals surface area (Å²) in [4.78, 5) is 12.5. The molecule has 2 heteroatoms. The molecule has 8 atom stereocenters. The summed E-state index contributed by atoms with van der Waals surface area (Å²) in [6.45, 7) is 14.9. The number of esters is 1. The van der Waals surface area contributed by atoms with Crippen molar-refractivity contribution >= 4 is 5.97 Å². The minimum atomic E-state index is 0.0485. The lowest BCUT2D eigenvalue weighted by Crippen LogP contribution is -2.51. The van der Waals surface area contributed by atoms with Crippen molar-refractivity contribution in [3.8, 4) is 0 Å². The molecule has 212 valence electrons. The lowest BCUT2D eigenvalue weighted by molar-refractivity contribution is -0.151. The van der Waals surface area contributed by atoms with Gasteiger partial charge in [0.15, 0.2) is 0 Å². The van der Waals surface area contributed by atoms with E-state index in [9.17, 15) is 4.79 Å². The van der Waals surface area contributed by atoms with Gasteiger partial charge in [-0.15, -0.1) is 0 Å². The van der Waals surface area contributed by atoms with Crippen LogP contribution in [0, 0.1) is 46.3 Å². The zero-order chi connectivity index (χ0) is 26.6. The summed E-state index contributed by atoms with van der Waals surface area (Å²) >= 11 is 0. The molecule has 0 bridgehead atoms. The first-order valence-electron chi connectivity index (χ1n) is 16.6. The molecule has 0 unspecified atom stereocenters. The number of hydrogen-bond acceptors (Lipinski definition) is 2. The van der Waals surface area contributed by atoms with Crippen LogP contribution in [0.15, 0.2) is 11.6 Å². The Morgan fingerprint density at radius 2 is 1.73 bits per heavy atom. The maximum absolute atomic E-state index is 12.5. The number of hydrogen-bond donors (Lipinski definition) is 0. The van der Waals surface area contributed by atoms with Crippen molar-refractivity contribution in [3.63, 3.8) is 0 Å². The monoisotopic (exact) mass is 512 g/mol. The molecule has 2 nitrogen and oxygen atoms in total. The normalized spacial score (nSPS) is 37.9. The number of rotatable bonds is 12. The number of fused-ring (bicyclic) bond motifs is 5. The smallest absolute Gasteiger partial charge is 0.306 e. The fraction of sp³-hybridized carbons (Fsp3) is 0.914. The fourth-order valence-corrected chi connectivity index (χ4v) is 9.87. The maximum Gasteiger partial charge on any atom is 0.306 e. The molecule has 3 fully saturated rings. The van der Waals surface area contributed by atoms with Crippen molar-refractivity contribution in [2.24, 2.45) is 46.3 Å². The molecule has 0 aliphatic heterocycles. The SMILES string of the molecule is CCCCCCCC(=O)O[C@H]1CC[C@@]2(C)C(=CC[C@H]3[C@H]4CC[C@@H]([C@H](C)CCCC(C)C)[C@@]4(C)CC[C@@H]32)C1. The Morgan fingerprint density at radius 3 is 2.49 bits per heavy atom. The predicted octanol–water partition coefficient (Wildman–Crippen LogP) is 10.3. The third kappa shape index (κ3) is 6.35. The number of allylic oxidation sites excluding steroid dienone is 1. The van der Waals surface area contributed by atoms with Crippen LogP contribution in [-0.4, -0.2) is 12.1 Å². The van der Waals surface area contributed by atoms with Gasteiger partial charge in [-0.1, -0.05) is 98.1 Å². The first-order valence-corrected chi connectivity index (χ1v) is 16.6. The van der Waals surface area contributed by atoms with Crippen LogP contribution in [0.2, 0.25) is 0 Å². The summed E-state index contributed by atoms with van der Waals surface area (Å²) in [5.74, 6) is 5.34. The zero-order valence-electron chi connectivity index (χ0n) is 25.5. The van der Waals surface area contributed by atoms with E-state index < -0.39 is 0 Å². The zero-order valence-corrected chi connectivity index (χ0v) is 25.5. The van der Waals surface area contributed by atoms with Gasteiger partial charge in [0.05, 0.1) is 0 Å². The Hall–Kier alpha value is -0.790. The van der Waals surface area contributed by atoms with Gasteiger partial charge in [-0.3, -0.25) is 4.79 Å². The van der Waals surface area contributed by atoms with Crippen LogP contribution in [0.25, 0.3) is 0 Å². The fourth-order valence-electron chi connectivity index (χ4n) is 9.87. The molecule has 0 radical (unpaired) electrons. The Bertz CT molecular complexity index is 782. The van der Waals surface area contributed by atoms with Gasteiger partial charge in [0.2, 0.25) is 0 Å². The lowest BCUT2D eigenvalue weighted by Gasteiger charge is -2.58. The molecule has 0 N–H and O–H groups in total. The van der Waals surface area contributed by atoms with Crippen molar-refractivity contribution in [2.75, 3.05) is 0 Å². The maximum atomic E-state index is 12.5. The van der Waals surface area contributed by atoms with Crippen molar-refractivity contribution in [2.45, 2.75) is 157 Å². The number of unbranched alkanes of at least 4 members (excludes halogenated alkanes) is 4. The minimum Gasteiger partial charge on any atom is -0.462 e. The second-order valence-corrected chi connectivity index (χ2v) is 14.8. The third-order valence-corrected chi connectivity index (χ3v) is 12.0. The van der Waals surface area contributed by atoms with E-state index in [1.165, 1.54) is 77.0 Å². The Morgan fingerprint density at radius 1 is 0.946 bits per heavy atom. The number of carbonyl (C=O) groups excluding carboxylic acids is 1. The number of ether oxygens (including phenoxy) is 1. The van der Waals surface area contributed by atoms with E-state index in [0.717, 1.165) is 61.2 Å². The standard InChI is InChI=1S/C35H60O2/c1-7-8-9-10-11-15-33(36)37-28-20-22-34(5)27(24-28)16-17-29-31-19-18-30(26(4)14-12-13-25(2)3)35(31,6)23-21-32(29)34/h16,25-26,28-32H,7-15,17-24H2,1-6H3/t26-,28+,29+,30+,31-,32+,34+,35-/m1/s1. The molecule has 0 heterocycles. The van der Waals surface area contributed by atoms with Crippen LogP contribution < -0.4 is 0 Å². The average Bonchev–Trinajstić information content (AvgIpc) is 3.21. The van der Waals surface area contributed by atoms with Crippen molar-refractivity contribution in [1.29, 1.82) is 0 Å². The largest absolute Gasteiger partial charge is 0.462 e. The van der Waals surface area contributed by atoms with Crippen molar-refractivity contribution < 1.29 is 9.53 Å². The molecule has 4 aliphatic rings. The molecule has 0 aromatic carbocycles. The molecular weight excluding hydrogens is 452 g/mol. The topological polar surface area (TPSA) is 26.3 Å². The summed E-state index contributed by atoms with van der Waals surface area (Å²) in [6, 6.07) is 0. The molecule has 3 saturated carbocycles. The van der Waals surface area contributed by atoms with E-state index in [1.54, 1.807) is 5.57 Å². The van der Waals surface area contributed by atoms with E-state index in [2.05, 4.69) is 47.6 Å². The van der Waals surface area contributed by atoms with Gasteiger partial charge in [-0.25, -0.2) is 0 Å². The van der Waals surface area contributed by atoms with Gasteiger partial charge in [0.1, 0.15) is 6.10 Å². The highest BCUT2D eigenvalue weighted by atomic mass is 16.5. The number of carbonyl (C=O) groups is 1. The van der Waals surface area contributed by atoms with E-state index >= 15 is 0 Å². The van der Waals surface area contributed by atoms with Crippen molar-refractivity contribution in [3.05, 3.63) is 11.6 Å². The Labute approximate surface area is 230 Å². The van der Waals surface area contributed by atoms with Gasteiger partial charge in [-0.05, 0) is 97.7 Å². The summed E-state index contributed by atoms with van der Waals surface area (Å²) < 4.78 is 6.02. The van der Waals surface area contributed by atoms with Gasteiger partial charge in [0.25, 0.3) is 0 Å². The van der Waals surface area contributed by atoms with E-state index in [1.807, 2.05) is 0 Å². The van der Waals surface area contributed by atoms with Crippen LogP contribution in [0.4, 0.5) is 0 Å². The molecule has 0 aromatic rings. The van der Waals surface area contributed by atoms with Crippen LogP contribution in [0.3, 0.4) is 0 Å². The molecule has 0 amide bonds. The Balaban J connectivity index is 1.34. The highest BCUT2D eigenvalue weighted by Gasteiger charge is 2.59. The molecule has 0 aromatic heterocycles. The van der Waals surface area contributed by atoms with Crippen LogP contribution in [0.1, 0.15) is 151 Å². The van der Waals surface area contributed by atoms with Crippen LogP contribution in [-0.2, 0) is 9.53 Å². The molecule has 4 rings (SSSR count). The molecule has 37 heavy (non-hydrogen) atoms. The summed E-state index contributed by atoms with van der Waals surface area (Å²) in [5.41, 5.74) is 2.54. The van der Waals surface area contributed by atoms with E-state index in [0.29, 0.717) is 17.3 Å². The first kappa shape index (κ1) is 29.2. The third-order valence-electron chi connectivity index (χ3n) is 12.0. The second-order valence-electron chi connectivity index (χ2n) is 14.8. The second kappa shape index (κ2) is 12.6. The van der Waals surface area contributed by atoms with Crippen molar-refractivity contribution in [1.82, 2.24) is 0 Å². The van der Waals surface area contributed by atoms with Gasteiger partial charge >= 0.3 is 5.97 Å². The average molecular weight is 513 g/mol. The summed E-state index contributed by atoms with van der Waals surface area (Å²) in [7, 11) is 0. The minimum absolute atomic E-state index is 0.0485. The molecule has 0 spiro atoms. The lowest BCUT2D eigenvalue weighted by atomic mass is 9.47. The van der Waals surface area contributed by atoms with Gasteiger partial charge in [0, 0.05) is 12.8 Å². The van der Waals surface area contributed by atoms with Gasteiger partial charge in [-0.2, -0.15) is 0 Å². The molecular formula is C35H60O2. The summed E-state index contributed by atoms with van der Waals surface area (Å²) in [5, 5.41) is 0. The van der Waals surface area contributed by atoms with Crippen LogP contribution in [0.5, 0.6) is 0 Å². The van der Waals surface area contributed by atoms with Gasteiger partial charge < -0.3 is 4.74 Å². The molecule has 0 saturated heterocycles. The first-order chi connectivity index (χ1) is 17.7. The quantitative estimate of drug-likeness (QED) is 0.148. The predicted molar refractivity (Wildman–Crippen MR) is 156 cm³/mol. The highest BCUT2D eigenvalue weighted by Crippen LogP contribution is 2.67. The van der Waals surface area contributed by atoms with E-state index in [-0.39, 0.29) is 12.1 Å². The molecule has 4 aliphatic carbocycles. The Kier molecular flexibility index (Phi) is 9.94. The summed E-state index contributed by atoms with van der Waals surface area (Å²) in [6.07, 6.45) is 23.9. The van der Waals surface area contributed by atoms with Crippen LogP contribution >= 0.6 is 0 Å². The highest BCUT2D eigenvalue weighted by molar-refractivity contribution is 5.69.